The third kappa shape index (κ3) is 3.23. The normalized spacial score (nSPS) is 17.0. The number of hydrogen-bond acceptors (Lipinski definition) is 2. The van der Waals surface area contributed by atoms with Gasteiger partial charge in [-0.05, 0) is 11.6 Å². The highest BCUT2D eigenvalue weighted by atomic mass is 19.3. The highest BCUT2D eigenvalue weighted by molar-refractivity contribution is 5.89. The molecule has 0 aromatic heterocycles. The van der Waals surface area contributed by atoms with Crippen LogP contribution >= 0.6 is 0 Å². The van der Waals surface area contributed by atoms with Crippen molar-refractivity contribution in [2.24, 2.45) is 0 Å². The number of benzene rings is 1. The summed E-state index contributed by atoms with van der Waals surface area (Å²) in [7, 11) is 0. The first-order valence-corrected chi connectivity index (χ1v) is 6.11. The Morgan fingerprint density at radius 1 is 1.35 bits per heavy atom. The maximum atomic E-state index is 13.0. The Morgan fingerprint density at radius 3 is 2.65 bits per heavy atom. The number of aromatic carboxylic acids is 1. The molecular formula is C13H14F2N2O3. The van der Waals surface area contributed by atoms with Gasteiger partial charge in [-0.15, -0.1) is 0 Å². The average Bonchev–Trinajstić information content (AvgIpc) is 2.76. The molecule has 108 valence electrons. The molecule has 2 N–H and O–H groups in total. The van der Waals surface area contributed by atoms with Crippen LogP contribution in [0.5, 0.6) is 0 Å². The predicted molar refractivity (Wildman–Crippen MR) is 66.8 cm³/mol. The van der Waals surface area contributed by atoms with Crippen LogP contribution < -0.4 is 5.32 Å². The number of carboxylic acids is 1. The third-order valence-corrected chi connectivity index (χ3v) is 3.13. The minimum atomic E-state index is -2.84. The first kappa shape index (κ1) is 14.2. The molecule has 0 aliphatic carbocycles. The van der Waals surface area contributed by atoms with Gasteiger partial charge in [0.25, 0.3) is 5.92 Å². The van der Waals surface area contributed by atoms with Gasteiger partial charge < -0.3 is 15.3 Å². The van der Waals surface area contributed by atoms with E-state index in [2.05, 4.69) is 5.32 Å². The molecule has 1 aromatic rings. The molecule has 1 heterocycles. The molecule has 2 amide bonds. The summed E-state index contributed by atoms with van der Waals surface area (Å²) in [6.07, 6.45) is -0.341. The SMILES string of the molecule is O=C(O)c1ccccc1CNC(=O)N1CCC(F)(F)C1. The number of nitrogens with zero attached hydrogens (tertiary/aromatic N) is 1. The molecule has 2 rings (SSSR count). The smallest absolute Gasteiger partial charge is 0.336 e. The molecule has 0 radical (unpaired) electrons. The molecule has 0 spiro atoms. The average molecular weight is 284 g/mol. The first-order valence-electron chi connectivity index (χ1n) is 6.11. The molecule has 5 nitrogen and oxygen atoms in total. The predicted octanol–water partition coefficient (Wildman–Crippen LogP) is 1.94. The number of halogens is 2. The van der Waals surface area contributed by atoms with E-state index in [1.54, 1.807) is 18.2 Å². The Bertz CT molecular complexity index is 534. The zero-order chi connectivity index (χ0) is 14.8. The monoisotopic (exact) mass is 284 g/mol. The van der Waals surface area contributed by atoms with Gasteiger partial charge in [-0.2, -0.15) is 0 Å². The molecular weight excluding hydrogens is 270 g/mol. The number of nitrogens with one attached hydrogen (secondary N) is 1. The van der Waals surface area contributed by atoms with E-state index in [-0.39, 0.29) is 25.1 Å². The summed E-state index contributed by atoms with van der Waals surface area (Å²) in [6, 6.07) is 5.62. The summed E-state index contributed by atoms with van der Waals surface area (Å²) in [5, 5.41) is 11.5. The van der Waals surface area contributed by atoms with Crippen molar-refractivity contribution in [3.63, 3.8) is 0 Å². The van der Waals surface area contributed by atoms with Gasteiger partial charge in [0.15, 0.2) is 0 Å². The number of carbonyl (C=O) groups excluding carboxylic acids is 1. The molecule has 1 fully saturated rings. The topological polar surface area (TPSA) is 69.6 Å². The van der Waals surface area contributed by atoms with Crippen LogP contribution in [0.1, 0.15) is 22.3 Å². The Balaban J connectivity index is 1.96. The maximum Gasteiger partial charge on any atom is 0.336 e. The van der Waals surface area contributed by atoms with Gasteiger partial charge in [0.2, 0.25) is 0 Å². The van der Waals surface area contributed by atoms with Gasteiger partial charge in [-0.25, -0.2) is 18.4 Å². The quantitative estimate of drug-likeness (QED) is 0.891. The molecule has 0 saturated carbocycles. The van der Waals surface area contributed by atoms with Crippen LogP contribution in [0.2, 0.25) is 0 Å². The van der Waals surface area contributed by atoms with Gasteiger partial charge in [0, 0.05) is 19.5 Å². The van der Waals surface area contributed by atoms with E-state index in [1.807, 2.05) is 0 Å². The number of hydrogen-bond donors (Lipinski definition) is 2. The van der Waals surface area contributed by atoms with Gasteiger partial charge in [0.05, 0.1) is 12.1 Å². The molecule has 1 aliphatic rings. The molecule has 20 heavy (non-hydrogen) atoms. The van der Waals surface area contributed by atoms with Crippen LogP contribution in [0.25, 0.3) is 0 Å². The molecule has 1 aromatic carbocycles. The van der Waals surface area contributed by atoms with Crippen LogP contribution in [0, 0.1) is 0 Å². The van der Waals surface area contributed by atoms with Crippen molar-refractivity contribution in [2.45, 2.75) is 18.9 Å². The van der Waals surface area contributed by atoms with Crippen LogP contribution in [-0.4, -0.2) is 41.0 Å². The van der Waals surface area contributed by atoms with E-state index in [1.165, 1.54) is 6.07 Å². The van der Waals surface area contributed by atoms with Crippen molar-refractivity contribution in [2.75, 3.05) is 13.1 Å². The minimum absolute atomic E-state index is 0.000585. The summed E-state index contributed by atoms with van der Waals surface area (Å²) in [5.41, 5.74) is 0.513. The van der Waals surface area contributed by atoms with Gasteiger partial charge >= 0.3 is 12.0 Å². The van der Waals surface area contributed by atoms with Gasteiger partial charge in [-0.1, -0.05) is 18.2 Å². The second kappa shape index (κ2) is 5.44. The van der Waals surface area contributed by atoms with E-state index in [4.69, 9.17) is 5.11 Å². The molecule has 1 saturated heterocycles. The van der Waals surface area contributed by atoms with E-state index < -0.39 is 24.5 Å². The van der Waals surface area contributed by atoms with Crippen molar-refractivity contribution >= 4 is 12.0 Å². The fourth-order valence-corrected chi connectivity index (χ4v) is 2.07. The minimum Gasteiger partial charge on any atom is -0.478 e. The van der Waals surface area contributed by atoms with Crippen LogP contribution in [0.3, 0.4) is 0 Å². The lowest BCUT2D eigenvalue weighted by atomic mass is 10.1. The molecule has 0 unspecified atom stereocenters. The number of carbonyl (C=O) groups is 2. The lowest BCUT2D eigenvalue weighted by molar-refractivity contribution is 0.0153. The third-order valence-electron chi connectivity index (χ3n) is 3.13. The number of amides is 2. The summed E-state index contributed by atoms with van der Waals surface area (Å²) >= 11 is 0. The van der Waals surface area contributed by atoms with Crippen molar-refractivity contribution in [3.05, 3.63) is 35.4 Å². The lowest BCUT2D eigenvalue weighted by Gasteiger charge is -2.17. The molecule has 0 atom stereocenters. The lowest BCUT2D eigenvalue weighted by Crippen LogP contribution is -2.39. The number of alkyl halides is 2. The zero-order valence-corrected chi connectivity index (χ0v) is 10.6. The second-order valence-corrected chi connectivity index (χ2v) is 4.65. The maximum absolute atomic E-state index is 13.0. The number of likely N-dealkylation sites (tertiary alicyclic amines) is 1. The van der Waals surface area contributed by atoms with Crippen molar-refractivity contribution in [3.8, 4) is 0 Å². The van der Waals surface area contributed by atoms with Crippen molar-refractivity contribution in [1.29, 1.82) is 0 Å². The fourth-order valence-electron chi connectivity index (χ4n) is 2.07. The van der Waals surface area contributed by atoms with Crippen LogP contribution in [0.15, 0.2) is 24.3 Å². The summed E-state index contributed by atoms with van der Waals surface area (Å²) in [5.74, 6) is -3.93. The molecule has 0 bridgehead atoms. The standard InChI is InChI=1S/C13H14F2N2O3/c14-13(15)5-6-17(8-13)12(20)16-7-9-3-1-2-4-10(9)11(18)19/h1-4H,5-8H2,(H,16,20)(H,18,19). The van der Waals surface area contributed by atoms with Crippen molar-refractivity contribution < 1.29 is 23.5 Å². The number of urea groups is 1. The van der Waals surface area contributed by atoms with Crippen LogP contribution in [-0.2, 0) is 6.54 Å². The highest BCUT2D eigenvalue weighted by Crippen LogP contribution is 2.26. The Labute approximate surface area is 114 Å². The first-order chi connectivity index (χ1) is 9.39. The van der Waals surface area contributed by atoms with E-state index in [9.17, 15) is 18.4 Å². The van der Waals surface area contributed by atoms with E-state index in [0.717, 1.165) is 4.90 Å². The second-order valence-electron chi connectivity index (χ2n) is 4.65. The molecule has 1 aliphatic heterocycles. The molecule has 7 heteroatoms. The highest BCUT2D eigenvalue weighted by Gasteiger charge is 2.40. The zero-order valence-electron chi connectivity index (χ0n) is 10.6. The van der Waals surface area contributed by atoms with E-state index in [0.29, 0.717) is 5.56 Å². The summed E-state index contributed by atoms with van der Waals surface area (Å²) < 4.78 is 26.0. The van der Waals surface area contributed by atoms with E-state index >= 15 is 0 Å². The summed E-state index contributed by atoms with van der Waals surface area (Å²) in [6.45, 7) is -0.609. The Kier molecular flexibility index (Phi) is 3.87. The van der Waals surface area contributed by atoms with Gasteiger partial charge in [0.1, 0.15) is 0 Å². The van der Waals surface area contributed by atoms with Gasteiger partial charge in [-0.3, -0.25) is 0 Å². The Hall–Kier alpha value is -2.18. The van der Waals surface area contributed by atoms with Crippen molar-refractivity contribution in [1.82, 2.24) is 10.2 Å². The number of rotatable bonds is 3. The largest absolute Gasteiger partial charge is 0.478 e. The summed E-state index contributed by atoms with van der Waals surface area (Å²) in [4.78, 5) is 23.7. The van der Waals surface area contributed by atoms with Crippen LogP contribution in [0.4, 0.5) is 13.6 Å². The fraction of sp³-hybridized carbons (Fsp3) is 0.385. The Morgan fingerprint density at radius 2 is 2.05 bits per heavy atom. The number of carboxylic acid groups (broad SMARTS) is 1.